The van der Waals surface area contributed by atoms with E-state index < -0.39 is 24.3 Å². The lowest BCUT2D eigenvalue weighted by molar-refractivity contribution is -0.870. The molecule has 0 fully saturated rings. The first-order valence-electron chi connectivity index (χ1n) is 31.3. The minimum Gasteiger partial charge on any atom is -0.545 e. The van der Waals surface area contributed by atoms with Crippen molar-refractivity contribution in [3.63, 3.8) is 0 Å². The van der Waals surface area contributed by atoms with Crippen molar-refractivity contribution in [2.75, 3.05) is 47.5 Å². The highest BCUT2D eigenvalue weighted by molar-refractivity contribution is 5.70. The van der Waals surface area contributed by atoms with Crippen LogP contribution in [0.4, 0.5) is 0 Å². The van der Waals surface area contributed by atoms with E-state index in [1.165, 1.54) is 250 Å². The molecule has 426 valence electrons. The van der Waals surface area contributed by atoms with Crippen molar-refractivity contribution in [2.45, 2.75) is 328 Å². The Balaban J connectivity index is 4.11. The van der Waals surface area contributed by atoms with Gasteiger partial charge in [-0.25, -0.2) is 0 Å². The van der Waals surface area contributed by atoms with Gasteiger partial charge in [-0.1, -0.05) is 276 Å². The number of carbonyl (C=O) groups excluding carboxylic acids is 3. The van der Waals surface area contributed by atoms with E-state index in [4.69, 9.17) is 18.9 Å². The molecule has 0 aromatic heterocycles. The van der Waals surface area contributed by atoms with Crippen LogP contribution in [0, 0.1) is 0 Å². The van der Waals surface area contributed by atoms with Gasteiger partial charge in [-0.05, 0) is 38.5 Å². The van der Waals surface area contributed by atoms with E-state index in [2.05, 4.69) is 26.0 Å². The molecule has 0 saturated carbocycles. The lowest BCUT2D eigenvalue weighted by Gasteiger charge is -2.26. The van der Waals surface area contributed by atoms with Gasteiger partial charge in [0.15, 0.2) is 12.4 Å². The molecule has 9 heteroatoms. The van der Waals surface area contributed by atoms with Crippen LogP contribution in [0.5, 0.6) is 0 Å². The second-order valence-corrected chi connectivity index (χ2v) is 22.7. The van der Waals surface area contributed by atoms with Crippen LogP contribution in [0.2, 0.25) is 0 Å². The van der Waals surface area contributed by atoms with E-state index in [0.29, 0.717) is 17.4 Å². The molecule has 0 aliphatic carbocycles. The highest BCUT2D eigenvalue weighted by atomic mass is 16.7. The summed E-state index contributed by atoms with van der Waals surface area (Å²) in [5, 5.41) is 11.8. The third-order valence-corrected chi connectivity index (χ3v) is 14.3. The summed E-state index contributed by atoms with van der Waals surface area (Å²) in [7, 11) is 5.94. The quantitative estimate of drug-likeness (QED) is 0.0195. The molecule has 2 atom stereocenters. The van der Waals surface area contributed by atoms with E-state index in [0.717, 1.165) is 38.5 Å². The number of aliphatic carboxylic acids is 1. The third-order valence-electron chi connectivity index (χ3n) is 14.3. The van der Waals surface area contributed by atoms with Crippen molar-refractivity contribution in [2.24, 2.45) is 0 Å². The minimum absolute atomic E-state index is 0.152. The van der Waals surface area contributed by atoms with Gasteiger partial charge in [-0.15, -0.1) is 0 Å². The summed E-state index contributed by atoms with van der Waals surface area (Å²) < 4.78 is 22.8. The molecule has 2 unspecified atom stereocenters. The maximum absolute atomic E-state index is 12.9. The van der Waals surface area contributed by atoms with Crippen molar-refractivity contribution in [3.8, 4) is 0 Å². The van der Waals surface area contributed by atoms with E-state index in [9.17, 15) is 19.5 Å². The molecule has 0 aliphatic rings. The molecule has 0 spiro atoms. The van der Waals surface area contributed by atoms with Gasteiger partial charge in [0.2, 0.25) is 0 Å². The van der Waals surface area contributed by atoms with Crippen LogP contribution in [0.25, 0.3) is 0 Å². The lowest BCUT2D eigenvalue weighted by Crippen LogP contribution is -2.44. The monoisotopic (exact) mass is 1020 g/mol. The van der Waals surface area contributed by atoms with Gasteiger partial charge in [-0.3, -0.25) is 9.59 Å². The number of esters is 2. The molecule has 0 aromatic carbocycles. The first-order valence-corrected chi connectivity index (χ1v) is 31.3. The van der Waals surface area contributed by atoms with Gasteiger partial charge < -0.3 is 33.3 Å². The Bertz CT molecular complexity index is 1190. The number of carbonyl (C=O) groups is 3. The number of hydrogen-bond acceptors (Lipinski definition) is 8. The second kappa shape index (κ2) is 55.3. The molecule has 0 rings (SSSR count). The highest BCUT2D eigenvalue weighted by Crippen LogP contribution is 2.18. The summed E-state index contributed by atoms with van der Waals surface area (Å²) in [5.41, 5.74) is 0. The van der Waals surface area contributed by atoms with Crippen LogP contribution in [0.3, 0.4) is 0 Å². The van der Waals surface area contributed by atoms with Crippen molar-refractivity contribution in [1.29, 1.82) is 0 Å². The fourth-order valence-corrected chi connectivity index (χ4v) is 9.42. The zero-order valence-electron chi connectivity index (χ0n) is 48.6. The largest absolute Gasteiger partial charge is 0.545 e. The summed E-state index contributed by atoms with van der Waals surface area (Å²) in [6, 6.07) is 0. The van der Waals surface area contributed by atoms with Gasteiger partial charge in [0.05, 0.1) is 40.3 Å². The van der Waals surface area contributed by atoms with E-state index in [-0.39, 0.29) is 32.2 Å². The molecular formula is C63H121NO8. The fourth-order valence-electron chi connectivity index (χ4n) is 9.42. The zero-order valence-corrected chi connectivity index (χ0v) is 48.6. The van der Waals surface area contributed by atoms with Gasteiger partial charge in [0.25, 0.3) is 0 Å². The Kier molecular flexibility index (Phi) is 53.8. The van der Waals surface area contributed by atoms with Gasteiger partial charge >= 0.3 is 11.9 Å². The molecule has 0 bridgehead atoms. The van der Waals surface area contributed by atoms with Crippen LogP contribution in [-0.4, -0.2) is 82.3 Å². The standard InChI is InChI=1S/C63H121NO8/c1-6-8-10-12-14-16-18-20-22-24-26-27-28-29-30-31-32-33-34-35-36-38-40-42-44-46-48-50-52-54-61(66)72-59(58-71-63(62(67)68)69-56-55-64(3,4)5)57-70-60(65)53-51-49-47-45-43-41-39-37-25-23-21-19-17-15-13-11-9-7-2/h24,26,59,63H,6-23,25,27-58H2,1-5H3/b26-24-. The summed E-state index contributed by atoms with van der Waals surface area (Å²) in [6.07, 6.45) is 61.3. The number of carboxylic acids is 1. The van der Waals surface area contributed by atoms with Crippen LogP contribution in [0.15, 0.2) is 12.2 Å². The smallest absolute Gasteiger partial charge is 0.306 e. The molecule has 0 amide bonds. The fraction of sp³-hybridized carbons (Fsp3) is 0.921. The van der Waals surface area contributed by atoms with Crippen molar-refractivity contribution < 1.29 is 42.9 Å². The summed E-state index contributed by atoms with van der Waals surface area (Å²) in [5.74, 6) is -2.25. The first-order chi connectivity index (χ1) is 35.1. The summed E-state index contributed by atoms with van der Waals surface area (Å²) >= 11 is 0. The van der Waals surface area contributed by atoms with Crippen molar-refractivity contribution >= 4 is 17.9 Å². The Morgan fingerprint density at radius 1 is 0.403 bits per heavy atom. The first kappa shape index (κ1) is 70.0. The number of quaternary nitrogens is 1. The number of allylic oxidation sites excluding steroid dienone is 2. The molecule has 0 heterocycles. The van der Waals surface area contributed by atoms with E-state index in [1.807, 2.05) is 21.1 Å². The van der Waals surface area contributed by atoms with Gasteiger partial charge in [0, 0.05) is 12.8 Å². The van der Waals surface area contributed by atoms with Crippen LogP contribution in [-0.2, 0) is 33.3 Å². The van der Waals surface area contributed by atoms with Crippen LogP contribution < -0.4 is 5.11 Å². The normalized spacial score (nSPS) is 12.7. The molecule has 0 radical (unpaired) electrons. The molecule has 72 heavy (non-hydrogen) atoms. The zero-order chi connectivity index (χ0) is 52.7. The van der Waals surface area contributed by atoms with E-state index >= 15 is 0 Å². The molecule has 0 aliphatic heterocycles. The molecule has 0 saturated heterocycles. The van der Waals surface area contributed by atoms with Crippen LogP contribution in [0.1, 0.15) is 316 Å². The molecule has 0 N–H and O–H groups in total. The average Bonchev–Trinajstić information content (AvgIpc) is 3.35. The molecule has 0 aromatic rings. The number of hydrogen-bond donors (Lipinski definition) is 0. The highest BCUT2D eigenvalue weighted by Gasteiger charge is 2.22. The Hall–Kier alpha value is -1.97. The summed E-state index contributed by atoms with van der Waals surface area (Å²) in [4.78, 5) is 37.3. The summed E-state index contributed by atoms with van der Waals surface area (Å²) in [6.45, 7) is 4.81. The third kappa shape index (κ3) is 55.8. The van der Waals surface area contributed by atoms with E-state index in [1.54, 1.807) is 0 Å². The topological polar surface area (TPSA) is 111 Å². The number of nitrogens with zero attached hydrogens (tertiary/aromatic N) is 1. The predicted octanol–water partition coefficient (Wildman–Crippen LogP) is 17.2. The number of carboxylic acid groups (broad SMARTS) is 1. The Morgan fingerprint density at radius 3 is 1.03 bits per heavy atom. The van der Waals surface area contributed by atoms with Crippen LogP contribution >= 0.6 is 0 Å². The van der Waals surface area contributed by atoms with Crippen molar-refractivity contribution in [3.05, 3.63) is 12.2 Å². The number of likely N-dealkylation sites (N-methyl/N-ethyl adjacent to an activating group) is 1. The molecule has 9 nitrogen and oxygen atoms in total. The second-order valence-electron chi connectivity index (χ2n) is 22.7. The maximum atomic E-state index is 12.9. The lowest BCUT2D eigenvalue weighted by atomic mass is 10.0. The van der Waals surface area contributed by atoms with Gasteiger partial charge in [-0.2, -0.15) is 0 Å². The predicted molar refractivity (Wildman–Crippen MR) is 302 cm³/mol. The van der Waals surface area contributed by atoms with Gasteiger partial charge in [0.1, 0.15) is 13.2 Å². The average molecular weight is 1020 g/mol. The Labute approximate surface area is 446 Å². The number of unbranched alkanes of at least 4 members (excludes halogenated alkanes) is 42. The molecular weight excluding hydrogens is 899 g/mol. The maximum Gasteiger partial charge on any atom is 0.306 e. The number of ether oxygens (including phenoxy) is 4. The SMILES string of the molecule is CCCCCCCCCC/C=C\CCCCCCCCCCCCCCCCCCCC(=O)OC(COC(=O)CCCCCCCCCCCCCCCCCCCC)COC(OCC[N+](C)(C)C)C(=O)[O-]. The van der Waals surface area contributed by atoms with Crippen molar-refractivity contribution in [1.82, 2.24) is 0 Å². The minimum atomic E-state index is -1.62. The Morgan fingerprint density at radius 2 is 0.708 bits per heavy atom. The number of rotatable bonds is 59.